The number of rotatable bonds is 2. The van der Waals surface area contributed by atoms with E-state index >= 15 is 0 Å². The highest BCUT2D eigenvalue weighted by molar-refractivity contribution is 5.89. The van der Waals surface area contributed by atoms with Gasteiger partial charge in [-0.25, -0.2) is 0 Å². The second-order valence-electron chi connectivity index (χ2n) is 5.98. The monoisotopic (exact) mass is 183 g/mol. The van der Waals surface area contributed by atoms with Crippen molar-refractivity contribution in [2.75, 3.05) is 7.05 Å². The number of aliphatic imine (C=N–C) groups is 1. The molecule has 0 fully saturated rings. The summed E-state index contributed by atoms with van der Waals surface area (Å²) in [6.45, 7) is 13.5. The topological polar surface area (TPSA) is 12.4 Å². The molecule has 0 aromatic carbocycles. The molecule has 0 unspecified atom stereocenters. The average Bonchev–Trinajstić information content (AvgIpc) is 1.82. The first-order valence-corrected chi connectivity index (χ1v) is 5.13. The van der Waals surface area contributed by atoms with Gasteiger partial charge in [-0.3, -0.25) is 4.99 Å². The summed E-state index contributed by atoms with van der Waals surface area (Å²) in [4.78, 5) is 4.38. The van der Waals surface area contributed by atoms with Gasteiger partial charge in [0.05, 0.1) is 0 Å². The van der Waals surface area contributed by atoms with Gasteiger partial charge in [-0.05, 0) is 23.7 Å². The molecule has 0 aromatic rings. The van der Waals surface area contributed by atoms with Crippen LogP contribution in [0, 0.1) is 10.8 Å². The predicted molar refractivity (Wildman–Crippen MR) is 61.5 cm³/mol. The minimum absolute atomic E-state index is 0.236. The fraction of sp³-hybridized carbons (Fsp3) is 0.917. The minimum Gasteiger partial charge on any atom is -0.297 e. The van der Waals surface area contributed by atoms with Gasteiger partial charge in [-0.1, -0.05) is 41.5 Å². The third kappa shape index (κ3) is 5.84. The summed E-state index contributed by atoms with van der Waals surface area (Å²) in [5, 5.41) is 0. The summed E-state index contributed by atoms with van der Waals surface area (Å²) in [6.07, 6.45) is 2.35. The van der Waals surface area contributed by atoms with Crippen LogP contribution in [-0.2, 0) is 0 Å². The van der Waals surface area contributed by atoms with Gasteiger partial charge in [0, 0.05) is 12.8 Å². The normalized spacial score (nSPS) is 14.8. The molecule has 0 radical (unpaired) electrons. The molecular formula is C12H25N. The molecule has 1 nitrogen and oxygen atoms in total. The number of hydrogen-bond acceptors (Lipinski definition) is 1. The van der Waals surface area contributed by atoms with E-state index in [0.29, 0.717) is 5.41 Å². The van der Waals surface area contributed by atoms with Crippen molar-refractivity contribution in [3.05, 3.63) is 0 Å². The van der Waals surface area contributed by atoms with Gasteiger partial charge in [0.2, 0.25) is 0 Å². The van der Waals surface area contributed by atoms with Gasteiger partial charge in [0.1, 0.15) is 0 Å². The molecule has 0 aliphatic heterocycles. The summed E-state index contributed by atoms with van der Waals surface area (Å²) in [6, 6.07) is 0. The summed E-state index contributed by atoms with van der Waals surface area (Å²) in [5.41, 5.74) is 1.99. The van der Waals surface area contributed by atoms with E-state index in [-0.39, 0.29) is 5.41 Å². The smallest absolute Gasteiger partial charge is 0.0276 e. The van der Waals surface area contributed by atoms with Crippen molar-refractivity contribution in [2.24, 2.45) is 15.8 Å². The van der Waals surface area contributed by atoms with Crippen LogP contribution in [0.15, 0.2) is 4.99 Å². The van der Waals surface area contributed by atoms with E-state index in [0.717, 1.165) is 6.42 Å². The first kappa shape index (κ1) is 12.7. The SMILES string of the molecule is C/N=C(\CCC(C)(C)C)C(C)(C)C. The zero-order valence-corrected chi connectivity index (χ0v) is 10.4. The first-order valence-electron chi connectivity index (χ1n) is 5.13. The van der Waals surface area contributed by atoms with Gasteiger partial charge in [-0.2, -0.15) is 0 Å². The van der Waals surface area contributed by atoms with Crippen molar-refractivity contribution in [3.63, 3.8) is 0 Å². The van der Waals surface area contributed by atoms with Gasteiger partial charge in [0.25, 0.3) is 0 Å². The lowest BCUT2D eigenvalue weighted by molar-refractivity contribution is 0.380. The Morgan fingerprint density at radius 2 is 1.46 bits per heavy atom. The molecule has 0 spiro atoms. The molecule has 1 heteroatoms. The van der Waals surface area contributed by atoms with E-state index in [4.69, 9.17) is 0 Å². The highest BCUT2D eigenvalue weighted by atomic mass is 14.7. The Bertz CT molecular complexity index is 176. The Kier molecular flexibility index (Phi) is 4.15. The second-order valence-corrected chi connectivity index (χ2v) is 5.98. The van der Waals surface area contributed by atoms with Crippen molar-refractivity contribution in [1.29, 1.82) is 0 Å². The summed E-state index contributed by atoms with van der Waals surface area (Å²) in [7, 11) is 1.91. The molecule has 0 amide bonds. The van der Waals surface area contributed by atoms with Crippen molar-refractivity contribution in [1.82, 2.24) is 0 Å². The Morgan fingerprint density at radius 3 is 1.69 bits per heavy atom. The Balaban J connectivity index is 4.20. The molecule has 0 saturated carbocycles. The van der Waals surface area contributed by atoms with Crippen LogP contribution in [0.1, 0.15) is 54.4 Å². The largest absolute Gasteiger partial charge is 0.297 e. The van der Waals surface area contributed by atoms with E-state index in [1.54, 1.807) is 0 Å². The van der Waals surface area contributed by atoms with E-state index in [2.05, 4.69) is 46.5 Å². The van der Waals surface area contributed by atoms with Gasteiger partial charge in [-0.15, -0.1) is 0 Å². The predicted octanol–water partition coefficient (Wildman–Crippen LogP) is 3.93. The molecule has 0 atom stereocenters. The van der Waals surface area contributed by atoms with Crippen LogP contribution >= 0.6 is 0 Å². The van der Waals surface area contributed by atoms with Crippen LogP contribution in [0.4, 0.5) is 0 Å². The standard InChI is InChI=1S/C12H25N/c1-11(2,3)9-8-10(13-7)12(4,5)6/h8-9H2,1-7H3/b13-10+. The molecule has 0 aromatic heterocycles. The van der Waals surface area contributed by atoms with E-state index < -0.39 is 0 Å². The molecule has 13 heavy (non-hydrogen) atoms. The van der Waals surface area contributed by atoms with Crippen molar-refractivity contribution in [2.45, 2.75) is 54.4 Å². The highest BCUT2D eigenvalue weighted by Crippen LogP contribution is 2.26. The first-order chi connectivity index (χ1) is 5.67. The molecule has 0 heterocycles. The lowest BCUT2D eigenvalue weighted by atomic mass is 9.82. The molecule has 0 saturated heterocycles. The summed E-state index contributed by atoms with van der Waals surface area (Å²) >= 11 is 0. The van der Waals surface area contributed by atoms with Crippen LogP contribution in [-0.4, -0.2) is 12.8 Å². The molecule has 0 aliphatic rings. The van der Waals surface area contributed by atoms with Gasteiger partial charge in [0.15, 0.2) is 0 Å². The lowest BCUT2D eigenvalue weighted by Crippen LogP contribution is -2.22. The molecule has 0 N–H and O–H groups in total. The molecule has 78 valence electrons. The fourth-order valence-electron chi connectivity index (χ4n) is 1.32. The quantitative estimate of drug-likeness (QED) is 0.575. The Hall–Kier alpha value is -0.330. The van der Waals surface area contributed by atoms with Crippen molar-refractivity contribution < 1.29 is 0 Å². The Morgan fingerprint density at radius 1 is 1.00 bits per heavy atom. The average molecular weight is 183 g/mol. The maximum absolute atomic E-state index is 4.38. The molecule has 0 rings (SSSR count). The van der Waals surface area contributed by atoms with Crippen LogP contribution in [0.25, 0.3) is 0 Å². The van der Waals surface area contributed by atoms with Crippen LogP contribution in [0.2, 0.25) is 0 Å². The zero-order valence-electron chi connectivity index (χ0n) is 10.4. The number of hydrogen-bond donors (Lipinski definition) is 0. The summed E-state index contributed by atoms with van der Waals surface area (Å²) < 4.78 is 0. The fourth-order valence-corrected chi connectivity index (χ4v) is 1.32. The Labute approximate surface area is 83.6 Å². The zero-order chi connectivity index (χ0) is 10.7. The molecular weight excluding hydrogens is 158 g/mol. The molecule has 0 aliphatic carbocycles. The van der Waals surface area contributed by atoms with Crippen LogP contribution in [0.5, 0.6) is 0 Å². The highest BCUT2D eigenvalue weighted by Gasteiger charge is 2.20. The van der Waals surface area contributed by atoms with Crippen molar-refractivity contribution >= 4 is 5.71 Å². The second kappa shape index (κ2) is 4.26. The van der Waals surface area contributed by atoms with E-state index in [1.807, 2.05) is 7.05 Å². The maximum atomic E-state index is 4.38. The van der Waals surface area contributed by atoms with Crippen LogP contribution in [0.3, 0.4) is 0 Å². The third-order valence-electron chi connectivity index (χ3n) is 2.25. The van der Waals surface area contributed by atoms with Gasteiger partial charge >= 0.3 is 0 Å². The van der Waals surface area contributed by atoms with Crippen LogP contribution < -0.4 is 0 Å². The summed E-state index contributed by atoms with van der Waals surface area (Å²) in [5.74, 6) is 0. The number of nitrogens with zero attached hydrogens (tertiary/aromatic N) is 1. The van der Waals surface area contributed by atoms with E-state index in [9.17, 15) is 0 Å². The van der Waals surface area contributed by atoms with Gasteiger partial charge < -0.3 is 0 Å². The van der Waals surface area contributed by atoms with Crippen molar-refractivity contribution in [3.8, 4) is 0 Å². The maximum Gasteiger partial charge on any atom is 0.0276 e. The minimum atomic E-state index is 0.236. The van der Waals surface area contributed by atoms with E-state index in [1.165, 1.54) is 12.1 Å². The molecule has 0 bridgehead atoms. The lowest BCUT2D eigenvalue weighted by Gasteiger charge is -2.25. The third-order valence-corrected chi connectivity index (χ3v) is 2.25.